The lowest BCUT2D eigenvalue weighted by Crippen LogP contribution is -2.24. The fourth-order valence-corrected chi connectivity index (χ4v) is 2.01. The molecule has 0 aliphatic carbocycles. The van der Waals surface area contributed by atoms with Gasteiger partial charge in [-0.15, -0.1) is 0 Å². The smallest absolute Gasteiger partial charge is 0.128 e. The van der Waals surface area contributed by atoms with E-state index in [2.05, 4.69) is 40.9 Å². The van der Waals surface area contributed by atoms with E-state index in [1.165, 1.54) is 5.69 Å². The van der Waals surface area contributed by atoms with Gasteiger partial charge < -0.3 is 5.73 Å². The molecule has 0 fully saturated rings. The van der Waals surface area contributed by atoms with Crippen molar-refractivity contribution in [2.24, 2.45) is 12.8 Å². The Bertz CT molecular complexity index is 291. The lowest BCUT2D eigenvalue weighted by atomic mass is 9.85. The largest absolute Gasteiger partial charge is 0.330 e. The van der Waals surface area contributed by atoms with E-state index < -0.39 is 0 Å². The molecular formula is C9H16BrN3. The Morgan fingerprint density at radius 1 is 1.62 bits per heavy atom. The number of hydrogen-bond donors (Lipinski definition) is 1. The fraction of sp³-hybridized carbons (Fsp3) is 0.667. The summed E-state index contributed by atoms with van der Waals surface area (Å²) in [5.74, 6) is 0. The molecule has 0 aliphatic heterocycles. The second-order valence-corrected chi connectivity index (χ2v) is 4.71. The second kappa shape index (κ2) is 3.80. The number of hydrogen-bond acceptors (Lipinski definition) is 2. The Morgan fingerprint density at radius 2 is 2.23 bits per heavy atom. The topological polar surface area (TPSA) is 43.8 Å². The molecule has 0 spiro atoms. The van der Waals surface area contributed by atoms with Gasteiger partial charge in [0.1, 0.15) is 4.60 Å². The van der Waals surface area contributed by atoms with Crippen LogP contribution in [0.5, 0.6) is 0 Å². The summed E-state index contributed by atoms with van der Waals surface area (Å²) < 4.78 is 2.79. The number of aryl methyl sites for hydroxylation is 1. The Morgan fingerprint density at radius 3 is 2.62 bits per heavy atom. The third-order valence-electron chi connectivity index (χ3n) is 2.31. The predicted octanol–water partition coefficient (Wildman–Crippen LogP) is 1.81. The van der Waals surface area contributed by atoms with Crippen LogP contribution in [0.2, 0.25) is 0 Å². The van der Waals surface area contributed by atoms with Gasteiger partial charge in [-0.3, -0.25) is 4.68 Å². The molecule has 2 N–H and O–H groups in total. The van der Waals surface area contributed by atoms with Crippen molar-refractivity contribution in [3.05, 3.63) is 16.4 Å². The van der Waals surface area contributed by atoms with E-state index in [9.17, 15) is 0 Å². The maximum atomic E-state index is 5.57. The first kappa shape index (κ1) is 10.7. The van der Waals surface area contributed by atoms with Crippen LogP contribution in [0.15, 0.2) is 10.7 Å². The summed E-state index contributed by atoms with van der Waals surface area (Å²) in [5, 5.41) is 4.25. The standard InChI is InChI=1S/C9H16BrN3/c1-9(2,4-5-11)7-6-8(10)12-13(7)3/h6H,4-5,11H2,1-3H3. The SMILES string of the molecule is Cn1nc(Br)cc1C(C)(C)CCN. The van der Waals surface area contributed by atoms with Crippen LogP contribution >= 0.6 is 15.9 Å². The minimum absolute atomic E-state index is 0.0997. The van der Waals surface area contributed by atoms with Crippen LogP contribution in [0.1, 0.15) is 26.0 Å². The normalized spacial score (nSPS) is 12.1. The molecule has 0 radical (unpaired) electrons. The minimum atomic E-state index is 0.0997. The zero-order valence-corrected chi connectivity index (χ0v) is 9.93. The van der Waals surface area contributed by atoms with Gasteiger partial charge in [-0.25, -0.2) is 0 Å². The highest BCUT2D eigenvalue weighted by molar-refractivity contribution is 9.10. The quantitative estimate of drug-likeness (QED) is 0.883. The number of rotatable bonds is 3. The second-order valence-electron chi connectivity index (χ2n) is 3.90. The summed E-state index contributed by atoms with van der Waals surface area (Å²) in [6.07, 6.45) is 0.971. The zero-order chi connectivity index (χ0) is 10.1. The summed E-state index contributed by atoms with van der Waals surface area (Å²) in [6, 6.07) is 2.05. The van der Waals surface area contributed by atoms with Gasteiger partial charge in [0.25, 0.3) is 0 Å². The first-order valence-electron chi connectivity index (χ1n) is 4.37. The molecule has 0 aliphatic rings. The highest BCUT2D eigenvalue weighted by Crippen LogP contribution is 2.27. The van der Waals surface area contributed by atoms with E-state index >= 15 is 0 Å². The Hall–Kier alpha value is -0.350. The van der Waals surface area contributed by atoms with E-state index in [-0.39, 0.29) is 5.41 Å². The van der Waals surface area contributed by atoms with E-state index in [0.717, 1.165) is 11.0 Å². The van der Waals surface area contributed by atoms with Gasteiger partial charge in [-0.2, -0.15) is 5.10 Å². The molecule has 4 heteroatoms. The molecule has 1 aromatic heterocycles. The van der Waals surface area contributed by atoms with E-state index in [1.807, 2.05) is 11.7 Å². The molecule has 0 saturated heterocycles. The first-order valence-corrected chi connectivity index (χ1v) is 5.17. The van der Waals surface area contributed by atoms with Crippen molar-refractivity contribution in [1.29, 1.82) is 0 Å². The van der Waals surface area contributed by atoms with E-state index in [1.54, 1.807) is 0 Å². The van der Waals surface area contributed by atoms with Gasteiger partial charge >= 0.3 is 0 Å². The average Bonchev–Trinajstić information content (AvgIpc) is 2.30. The molecule has 0 bridgehead atoms. The van der Waals surface area contributed by atoms with Crippen LogP contribution in [0.4, 0.5) is 0 Å². The van der Waals surface area contributed by atoms with Crippen molar-refractivity contribution in [3.63, 3.8) is 0 Å². The molecule has 13 heavy (non-hydrogen) atoms. The van der Waals surface area contributed by atoms with Gasteiger partial charge in [0, 0.05) is 18.2 Å². The lowest BCUT2D eigenvalue weighted by molar-refractivity contribution is 0.447. The third-order valence-corrected chi connectivity index (χ3v) is 2.70. The van der Waals surface area contributed by atoms with Crippen LogP contribution in [0, 0.1) is 0 Å². The van der Waals surface area contributed by atoms with Gasteiger partial charge in [-0.05, 0) is 35.0 Å². The zero-order valence-electron chi connectivity index (χ0n) is 8.34. The van der Waals surface area contributed by atoms with Gasteiger partial charge in [0.15, 0.2) is 0 Å². The highest BCUT2D eigenvalue weighted by Gasteiger charge is 2.23. The molecule has 3 nitrogen and oxygen atoms in total. The van der Waals surface area contributed by atoms with Crippen molar-refractivity contribution in [3.8, 4) is 0 Å². The van der Waals surface area contributed by atoms with Crippen LogP contribution in [-0.4, -0.2) is 16.3 Å². The van der Waals surface area contributed by atoms with Crippen molar-refractivity contribution >= 4 is 15.9 Å². The summed E-state index contributed by atoms with van der Waals surface area (Å²) in [6.45, 7) is 5.07. The first-order chi connectivity index (χ1) is 5.97. The number of nitrogens with two attached hydrogens (primary N) is 1. The molecular weight excluding hydrogens is 230 g/mol. The van der Waals surface area contributed by atoms with Crippen molar-refractivity contribution < 1.29 is 0 Å². The highest BCUT2D eigenvalue weighted by atomic mass is 79.9. The Balaban J connectivity index is 2.98. The Labute approximate surface area is 87.4 Å². The summed E-state index contributed by atoms with van der Waals surface area (Å²) in [7, 11) is 1.96. The monoisotopic (exact) mass is 245 g/mol. The van der Waals surface area contributed by atoms with Gasteiger partial charge in [0.05, 0.1) is 0 Å². The van der Waals surface area contributed by atoms with Gasteiger partial charge in [-0.1, -0.05) is 13.8 Å². The summed E-state index contributed by atoms with van der Waals surface area (Å²) in [4.78, 5) is 0. The number of nitrogens with zero attached hydrogens (tertiary/aromatic N) is 2. The lowest BCUT2D eigenvalue weighted by Gasteiger charge is -2.23. The molecule has 0 atom stereocenters. The predicted molar refractivity (Wildman–Crippen MR) is 57.6 cm³/mol. The minimum Gasteiger partial charge on any atom is -0.330 e. The van der Waals surface area contributed by atoms with E-state index in [4.69, 9.17) is 5.73 Å². The molecule has 1 aromatic rings. The van der Waals surface area contributed by atoms with Gasteiger partial charge in [0.2, 0.25) is 0 Å². The number of halogens is 1. The molecule has 74 valence electrons. The maximum absolute atomic E-state index is 5.57. The van der Waals surface area contributed by atoms with Crippen LogP contribution < -0.4 is 5.73 Å². The molecule has 0 aromatic carbocycles. The van der Waals surface area contributed by atoms with Crippen molar-refractivity contribution in [2.45, 2.75) is 25.7 Å². The van der Waals surface area contributed by atoms with Crippen LogP contribution in [0.25, 0.3) is 0 Å². The summed E-state index contributed by atoms with van der Waals surface area (Å²) >= 11 is 3.36. The average molecular weight is 246 g/mol. The molecule has 0 unspecified atom stereocenters. The molecule has 0 amide bonds. The van der Waals surface area contributed by atoms with Crippen LogP contribution in [-0.2, 0) is 12.5 Å². The summed E-state index contributed by atoms with van der Waals surface area (Å²) in [5.41, 5.74) is 6.88. The molecule has 1 heterocycles. The fourth-order valence-electron chi connectivity index (χ4n) is 1.55. The van der Waals surface area contributed by atoms with Crippen molar-refractivity contribution in [1.82, 2.24) is 9.78 Å². The van der Waals surface area contributed by atoms with Crippen LogP contribution in [0.3, 0.4) is 0 Å². The van der Waals surface area contributed by atoms with Crippen molar-refractivity contribution in [2.75, 3.05) is 6.54 Å². The molecule has 0 saturated carbocycles. The number of aromatic nitrogens is 2. The Kier molecular flexibility index (Phi) is 3.14. The third kappa shape index (κ3) is 2.31. The molecule has 1 rings (SSSR count). The maximum Gasteiger partial charge on any atom is 0.128 e. The van der Waals surface area contributed by atoms with E-state index in [0.29, 0.717) is 6.54 Å².